The first-order valence-electron chi connectivity index (χ1n) is 6.98. The Morgan fingerprint density at radius 3 is 2.77 bits per heavy atom. The molecule has 0 saturated heterocycles. The molecular formula is C17H16N2O2S. The van der Waals surface area contributed by atoms with E-state index in [1.807, 2.05) is 43.5 Å². The average Bonchev–Trinajstić information content (AvgIpc) is 2.95. The molecule has 0 aliphatic rings. The largest absolute Gasteiger partial charge is 0.325 e. The Bertz CT molecular complexity index is 908. The minimum absolute atomic E-state index is 0.0115. The molecule has 2 heterocycles. The molecule has 1 N–H and O–H groups in total. The van der Waals surface area contributed by atoms with E-state index in [2.05, 4.69) is 5.32 Å². The van der Waals surface area contributed by atoms with Crippen molar-refractivity contribution in [1.29, 1.82) is 0 Å². The molecule has 1 aromatic carbocycles. The highest BCUT2D eigenvalue weighted by Crippen LogP contribution is 2.16. The van der Waals surface area contributed by atoms with E-state index in [1.165, 1.54) is 21.5 Å². The predicted octanol–water partition coefficient (Wildman–Crippen LogP) is 3.32. The van der Waals surface area contributed by atoms with E-state index in [1.54, 1.807) is 12.3 Å². The number of nitrogens with zero attached hydrogens (tertiary/aromatic N) is 1. The number of benzene rings is 1. The number of fused-ring (bicyclic) bond motifs is 1. The van der Waals surface area contributed by atoms with Crippen molar-refractivity contribution >= 4 is 33.0 Å². The highest BCUT2D eigenvalue weighted by Gasteiger charge is 2.08. The van der Waals surface area contributed by atoms with E-state index < -0.39 is 0 Å². The quantitative estimate of drug-likeness (QED) is 0.806. The molecule has 0 saturated carbocycles. The Balaban J connectivity index is 1.79. The van der Waals surface area contributed by atoms with E-state index >= 15 is 0 Å². The number of carbonyl (C=O) groups excluding carboxylic acids is 1. The zero-order chi connectivity index (χ0) is 15.7. The molecule has 0 atom stereocenters. The number of hydrogen-bond acceptors (Lipinski definition) is 3. The third-order valence-electron chi connectivity index (χ3n) is 3.70. The van der Waals surface area contributed by atoms with Crippen LogP contribution in [0.4, 0.5) is 5.69 Å². The maximum Gasteiger partial charge on any atom is 0.259 e. The van der Waals surface area contributed by atoms with Gasteiger partial charge < -0.3 is 9.88 Å². The van der Waals surface area contributed by atoms with Crippen LogP contribution < -0.4 is 10.9 Å². The summed E-state index contributed by atoms with van der Waals surface area (Å²) in [5.74, 6) is -0.208. The van der Waals surface area contributed by atoms with Crippen molar-refractivity contribution in [3.05, 3.63) is 63.4 Å². The molecule has 0 unspecified atom stereocenters. The molecule has 1 amide bonds. The second-order valence-corrected chi connectivity index (χ2v) is 6.24. The Kier molecular flexibility index (Phi) is 3.81. The molecule has 3 rings (SSSR count). The predicted molar refractivity (Wildman–Crippen MR) is 90.6 cm³/mol. The van der Waals surface area contributed by atoms with E-state index in [0.29, 0.717) is 5.39 Å². The summed E-state index contributed by atoms with van der Waals surface area (Å²) in [5, 5.41) is 5.37. The second kappa shape index (κ2) is 5.77. The summed E-state index contributed by atoms with van der Waals surface area (Å²) in [4.78, 5) is 24.4. The number of aromatic nitrogens is 1. The number of aryl methyl sites for hydroxylation is 2. The lowest BCUT2D eigenvalue weighted by molar-refractivity contribution is -0.116. The molecular weight excluding hydrogens is 296 g/mol. The van der Waals surface area contributed by atoms with Gasteiger partial charge in [-0.2, -0.15) is 0 Å². The summed E-state index contributed by atoms with van der Waals surface area (Å²) in [5.41, 5.74) is 2.92. The average molecular weight is 312 g/mol. The SMILES string of the molecule is Cc1ccc(NC(=O)Cn2ccc3sccc3c2=O)cc1C. The van der Waals surface area contributed by atoms with Crippen molar-refractivity contribution in [1.82, 2.24) is 4.57 Å². The number of hydrogen-bond donors (Lipinski definition) is 1. The van der Waals surface area contributed by atoms with Crippen molar-refractivity contribution in [2.24, 2.45) is 0 Å². The van der Waals surface area contributed by atoms with Crippen LogP contribution in [0.1, 0.15) is 11.1 Å². The van der Waals surface area contributed by atoms with E-state index in [0.717, 1.165) is 16.0 Å². The standard InChI is InChI=1S/C17H16N2O2S/c1-11-3-4-13(9-12(11)2)18-16(20)10-19-7-5-15-14(17(19)21)6-8-22-15/h3-9H,10H2,1-2H3,(H,18,20). The summed E-state index contributed by atoms with van der Waals surface area (Å²) in [6.45, 7) is 4.04. The smallest absolute Gasteiger partial charge is 0.259 e. The lowest BCUT2D eigenvalue weighted by Gasteiger charge is -2.09. The van der Waals surface area contributed by atoms with Crippen LogP contribution in [0.2, 0.25) is 0 Å². The zero-order valence-electron chi connectivity index (χ0n) is 12.4. The molecule has 5 heteroatoms. The number of rotatable bonds is 3. The van der Waals surface area contributed by atoms with Gasteiger partial charge in [0.1, 0.15) is 6.54 Å². The monoisotopic (exact) mass is 312 g/mol. The van der Waals surface area contributed by atoms with Gasteiger partial charge in [-0.25, -0.2) is 0 Å². The molecule has 4 nitrogen and oxygen atoms in total. The van der Waals surface area contributed by atoms with Gasteiger partial charge in [0, 0.05) is 16.6 Å². The first-order chi connectivity index (χ1) is 10.5. The van der Waals surface area contributed by atoms with Gasteiger partial charge in [0.05, 0.1) is 5.39 Å². The Labute approximate surface area is 132 Å². The number of anilines is 1. The molecule has 2 aromatic heterocycles. The molecule has 3 aromatic rings. The van der Waals surface area contributed by atoms with Crippen LogP contribution in [0.15, 0.2) is 46.7 Å². The Hall–Kier alpha value is -2.40. The molecule has 0 bridgehead atoms. The van der Waals surface area contributed by atoms with Gasteiger partial charge in [-0.15, -0.1) is 11.3 Å². The summed E-state index contributed by atoms with van der Waals surface area (Å²) in [7, 11) is 0. The number of nitrogens with one attached hydrogen (secondary N) is 1. The van der Waals surface area contributed by atoms with Gasteiger partial charge in [-0.1, -0.05) is 6.07 Å². The van der Waals surface area contributed by atoms with Gasteiger partial charge in [0.25, 0.3) is 5.56 Å². The van der Waals surface area contributed by atoms with Gasteiger partial charge in [-0.05, 0) is 54.6 Å². The maximum atomic E-state index is 12.3. The van der Waals surface area contributed by atoms with Crippen LogP contribution in [0.3, 0.4) is 0 Å². The fraction of sp³-hybridized carbons (Fsp3) is 0.176. The van der Waals surface area contributed by atoms with Crippen LogP contribution in [0.5, 0.6) is 0 Å². The topological polar surface area (TPSA) is 51.1 Å². The minimum atomic E-state index is -0.208. The fourth-order valence-corrected chi connectivity index (χ4v) is 3.08. The Morgan fingerprint density at radius 2 is 2.00 bits per heavy atom. The van der Waals surface area contributed by atoms with Crippen molar-refractivity contribution in [3.63, 3.8) is 0 Å². The normalized spacial score (nSPS) is 10.8. The Morgan fingerprint density at radius 1 is 1.18 bits per heavy atom. The zero-order valence-corrected chi connectivity index (χ0v) is 13.2. The molecule has 0 spiro atoms. The fourth-order valence-electron chi connectivity index (χ4n) is 2.31. The van der Waals surface area contributed by atoms with Crippen LogP contribution in [0.25, 0.3) is 10.1 Å². The van der Waals surface area contributed by atoms with Gasteiger partial charge in [-0.3, -0.25) is 9.59 Å². The molecule has 0 aliphatic carbocycles. The first kappa shape index (κ1) is 14.5. The van der Waals surface area contributed by atoms with Crippen LogP contribution in [0, 0.1) is 13.8 Å². The summed E-state index contributed by atoms with van der Waals surface area (Å²) >= 11 is 1.52. The van der Waals surface area contributed by atoms with Crippen molar-refractivity contribution in [3.8, 4) is 0 Å². The molecule has 0 aliphatic heterocycles. The van der Waals surface area contributed by atoms with Gasteiger partial charge in [0.15, 0.2) is 0 Å². The molecule has 112 valence electrons. The minimum Gasteiger partial charge on any atom is -0.325 e. The van der Waals surface area contributed by atoms with Gasteiger partial charge >= 0.3 is 0 Å². The first-order valence-corrected chi connectivity index (χ1v) is 7.86. The lowest BCUT2D eigenvalue weighted by Crippen LogP contribution is -2.27. The maximum absolute atomic E-state index is 12.3. The number of pyridine rings is 1. The number of thiophene rings is 1. The number of carbonyl (C=O) groups is 1. The summed E-state index contributed by atoms with van der Waals surface area (Å²) in [6.07, 6.45) is 1.67. The lowest BCUT2D eigenvalue weighted by atomic mass is 10.1. The van der Waals surface area contributed by atoms with Crippen LogP contribution >= 0.6 is 11.3 Å². The van der Waals surface area contributed by atoms with Crippen molar-refractivity contribution in [2.75, 3.05) is 5.32 Å². The van der Waals surface area contributed by atoms with Crippen LogP contribution in [-0.4, -0.2) is 10.5 Å². The van der Waals surface area contributed by atoms with E-state index in [4.69, 9.17) is 0 Å². The third kappa shape index (κ3) is 2.80. The third-order valence-corrected chi connectivity index (χ3v) is 4.58. The van der Waals surface area contributed by atoms with Crippen molar-refractivity contribution in [2.45, 2.75) is 20.4 Å². The molecule has 0 radical (unpaired) electrons. The second-order valence-electron chi connectivity index (χ2n) is 5.29. The molecule has 0 fully saturated rings. The number of amides is 1. The van der Waals surface area contributed by atoms with Crippen LogP contribution in [-0.2, 0) is 11.3 Å². The van der Waals surface area contributed by atoms with Gasteiger partial charge in [0.2, 0.25) is 5.91 Å². The highest BCUT2D eigenvalue weighted by atomic mass is 32.1. The van der Waals surface area contributed by atoms with E-state index in [-0.39, 0.29) is 18.0 Å². The summed E-state index contributed by atoms with van der Waals surface area (Å²) in [6, 6.07) is 9.42. The van der Waals surface area contributed by atoms with E-state index in [9.17, 15) is 9.59 Å². The van der Waals surface area contributed by atoms with Crippen molar-refractivity contribution < 1.29 is 4.79 Å². The summed E-state index contributed by atoms with van der Waals surface area (Å²) < 4.78 is 2.38. The highest BCUT2D eigenvalue weighted by molar-refractivity contribution is 7.17. The molecule has 22 heavy (non-hydrogen) atoms.